The van der Waals surface area contributed by atoms with Gasteiger partial charge in [0.05, 0.1) is 4.90 Å². The highest BCUT2D eigenvalue weighted by Crippen LogP contribution is 2.22. The highest BCUT2D eigenvalue weighted by atomic mass is 32.2. The van der Waals surface area contributed by atoms with Crippen molar-refractivity contribution >= 4 is 10.0 Å². The molecule has 2 aromatic heterocycles. The third-order valence-corrected chi connectivity index (χ3v) is 5.89. The molecule has 25 heavy (non-hydrogen) atoms. The van der Waals surface area contributed by atoms with Crippen molar-refractivity contribution in [2.45, 2.75) is 37.2 Å². The minimum absolute atomic E-state index is 0.118. The third-order valence-electron chi connectivity index (χ3n) is 4.35. The van der Waals surface area contributed by atoms with Crippen LogP contribution in [0, 0.1) is 6.92 Å². The summed E-state index contributed by atoms with van der Waals surface area (Å²) in [6.07, 6.45) is 4.68. The van der Waals surface area contributed by atoms with Gasteiger partial charge in [-0.3, -0.25) is 4.68 Å². The quantitative estimate of drug-likeness (QED) is 0.772. The fourth-order valence-corrected chi connectivity index (χ4v) is 4.33. The summed E-state index contributed by atoms with van der Waals surface area (Å²) in [4.78, 5) is 4.49. The van der Waals surface area contributed by atoms with Gasteiger partial charge in [0.25, 0.3) is 0 Å². The average molecular weight is 358 g/mol. The summed E-state index contributed by atoms with van der Waals surface area (Å²) >= 11 is 0. The first-order valence-corrected chi connectivity index (χ1v) is 9.55. The minimum Gasteiger partial charge on any atom is -0.449 e. The molecular formula is C17H18N4O3S. The number of fused-ring (bicyclic) bond motifs is 1. The van der Waals surface area contributed by atoms with E-state index in [1.165, 1.54) is 0 Å². The van der Waals surface area contributed by atoms with Crippen LogP contribution in [0.1, 0.15) is 18.0 Å². The fourth-order valence-electron chi connectivity index (χ4n) is 3.06. The second-order valence-electron chi connectivity index (χ2n) is 6.13. The van der Waals surface area contributed by atoms with Gasteiger partial charge < -0.3 is 4.42 Å². The van der Waals surface area contributed by atoms with Crippen molar-refractivity contribution < 1.29 is 12.8 Å². The zero-order chi connectivity index (χ0) is 17.4. The van der Waals surface area contributed by atoms with Crippen molar-refractivity contribution in [2.75, 3.05) is 0 Å². The summed E-state index contributed by atoms with van der Waals surface area (Å²) in [5, 5.41) is 4.21. The molecule has 3 heterocycles. The van der Waals surface area contributed by atoms with E-state index in [0.717, 1.165) is 24.2 Å². The Morgan fingerprint density at radius 3 is 2.76 bits per heavy atom. The van der Waals surface area contributed by atoms with Crippen LogP contribution in [0.15, 0.2) is 52.1 Å². The van der Waals surface area contributed by atoms with Gasteiger partial charge in [-0.2, -0.15) is 5.10 Å². The van der Waals surface area contributed by atoms with Crippen LogP contribution < -0.4 is 4.72 Å². The average Bonchev–Trinajstić information content (AvgIpc) is 3.23. The van der Waals surface area contributed by atoms with Gasteiger partial charge in [0.1, 0.15) is 12.0 Å². The van der Waals surface area contributed by atoms with Crippen LogP contribution in [0.2, 0.25) is 0 Å². The molecule has 1 aliphatic rings. The second kappa shape index (κ2) is 6.12. The van der Waals surface area contributed by atoms with Gasteiger partial charge in [0.15, 0.2) is 5.89 Å². The molecule has 0 radical (unpaired) electrons. The number of hydrogen-bond donors (Lipinski definition) is 1. The van der Waals surface area contributed by atoms with Gasteiger partial charge >= 0.3 is 0 Å². The Kier molecular flexibility index (Phi) is 3.93. The number of hydrogen-bond acceptors (Lipinski definition) is 5. The Morgan fingerprint density at radius 2 is 2.04 bits per heavy atom. The summed E-state index contributed by atoms with van der Waals surface area (Å²) in [5.41, 5.74) is 2.56. The molecule has 1 N–H and O–H groups in total. The van der Waals surface area contributed by atoms with Crippen LogP contribution in [0.4, 0.5) is 0 Å². The molecule has 0 saturated carbocycles. The van der Waals surface area contributed by atoms with Gasteiger partial charge in [-0.1, -0.05) is 12.1 Å². The molecule has 7 nitrogen and oxygen atoms in total. The van der Waals surface area contributed by atoms with Gasteiger partial charge in [-0.25, -0.2) is 18.1 Å². The van der Waals surface area contributed by atoms with E-state index in [1.54, 1.807) is 43.6 Å². The normalized spacial score (nSPS) is 17.4. The summed E-state index contributed by atoms with van der Waals surface area (Å²) in [6.45, 7) is 2.49. The molecule has 0 bridgehead atoms. The molecule has 1 aromatic carbocycles. The molecule has 1 atom stereocenters. The van der Waals surface area contributed by atoms with Crippen molar-refractivity contribution in [2.24, 2.45) is 0 Å². The Balaban J connectivity index is 1.50. The van der Waals surface area contributed by atoms with Gasteiger partial charge in [0, 0.05) is 43.4 Å². The molecule has 0 fully saturated rings. The maximum atomic E-state index is 12.6. The third kappa shape index (κ3) is 3.22. The highest BCUT2D eigenvalue weighted by Gasteiger charge is 2.24. The van der Waals surface area contributed by atoms with Crippen molar-refractivity contribution in [1.29, 1.82) is 0 Å². The van der Waals surface area contributed by atoms with E-state index >= 15 is 0 Å². The molecule has 130 valence electrons. The smallest absolute Gasteiger partial charge is 0.240 e. The number of nitrogens with zero attached hydrogens (tertiary/aromatic N) is 3. The Morgan fingerprint density at radius 1 is 1.24 bits per heavy atom. The first-order valence-electron chi connectivity index (χ1n) is 8.07. The number of rotatable bonds is 4. The Hall–Kier alpha value is -2.45. The molecule has 0 amide bonds. The first-order chi connectivity index (χ1) is 12.0. The zero-order valence-electron chi connectivity index (χ0n) is 13.7. The zero-order valence-corrected chi connectivity index (χ0v) is 14.5. The van der Waals surface area contributed by atoms with Crippen LogP contribution in [0.3, 0.4) is 0 Å². The predicted octanol–water partition coefficient (Wildman–Crippen LogP) is 2.14. The highest BCUT2D eigenvalue weighted by molar-refractivity contribution is 7.89. The standard InChI is InChI=1S/C17H18N4O3S/c1-12-19-17(11-24-12)13-2-4-16(5-3-13)25(22,23)20-14-7-9-21-15(10-14)6-8-18-21/h2-6,8,11,14,20H,7,9-10H2,1H3. The SMILES string of the molecule is Cc1nc(-c2ccc(S(=O)(=O)NC3CCn4nccc4C3)cc2)co1. The molecule has 1 unspecified atom stereocenters. The van der Waals surface area contributed by atoms with Gasteiger partial charge in [-0.05, 0) is 24.6 Å². The van der Waals surface area contributed by atoms with Crippen LogP contribution in [-0.4, -0.2) is 29.2 Å². The van der Waals surface area contributed by atoms with Crippen LogP contribution in [0.25, 0.3) is 11.3 Å². The lowest BCUT2D eigenvalue weighted by molar-refractivity contribution is 0.414. The largest absolute Gasteiger partial charge is 0.449 e. The van der Waals surface area contributed by atoms with Crippen LogP contribution in [-0.2, 0) is 23.0 Å². The fraction of sp³-hybridized carbons (Fsp3) is 0.294. The van der Waals surface area contributed by atoms with Crippen molar-refractivity contribution in [3.8, 4) is 11.3 Å². The molecule has 0 spiro atoms. The molecular weight excluding hydrogens is 340 g/mol. The summed E-state index contributed by atoms with van der Waals surface area (Å²) in [5.74, 6) is 0.574. The monoisotopic (exact) mass is 358 g/mol. The Bertz CT molecular complexity index is 989. The van der Waals surface area contributed by atoms with E-state index in [2.05, 4.69) is 14.8 Å². The van der Waals surface area contributed by atoms with E-state index in [1.807, 2.05) is 10.7 Å². The van der Waals surface area contributed by atoms with E-state index in [0.29, 0.717) is 18.0 Å². The number of aromatic nitrogens is 3. The van der Waals surface area contributed by atoms with Crippen LogP contribution >= 0.6 is 0 Å². The molecule has 0 aliphatic carbocycles. The van der Waals surface area contributed by atoms with E-state index in [-0.39, 0.29) is 10.9 Å². The lowest BCUT2D eigenvalue weighted by atomic mass is 10.1. The minimum atomic E-state index is -3.56. The van der Waals surface area contributed by atoms with E-state index in [9.17, 15) is 8.42 Å². The second-order valence-corrected chi connectivity index (χ2v) is 7.85. The topological polar surface area (TPSA) is 90.0 Å². The number of nitrogens with one attached hydrogen (secondary N) is 1. The summed E-state index contributed by atoms with van der Waals surface area (Å²) < 4.78 is 35.2. The number of sulfonamides is 1. The molecule has 0 saturated heterocycles. The summed E-state index contributed by atoms with van der Waals surface area (Å²) in [7, 11) is -3.56. The van der Waals surface area contributed by atoms with Crippen LogP contribution in [0.5, 0.6) is 0 Å². The molecule has 3 aromatic rings. The first kappa shape index (κ1) is 16.0. The van der Waals surface area contributed by atoms with Crippen molar-refractivity contribution in [3.05, 3.63) is 54.4 Å². The van der Waals surface area contributed by atoms with Crippen molar-refractivity contribution in [3.63, 3.8) is 0 Å². The molecule has 4 rings (SSSR count). The van der Waals surface area contributed by atoms with Gasteiger partial charge in [0.2, 0.25) is 10.0 Å². The maximum Gasteiger partial charge on any atom is 0.240 e. The lowest BCUT2D eigenvalue weighted by Gasteiger charge is -2.24. The van der Waals surface area contributed by atoms with Crippen molar-refractivity contribution in [1.82, 2.24) is 19.5 Å². The molecule has 8 heteroatoms. The molecule has 1 aliphatic heterocycles. The van der Waals surface area contributed by atoms with E-state index in [4.69, 9.17) is 4.42 Å². The predicted molar refractivity (Wildman–Crippen MR) is 91.3 cm³/mol. The lowest BCUT2D eigenvalue weighted by Crippen LogP contribution is -2.40. The summed E-state index contributed by atoms with van der Waals surface area (Å²) in [6, 6.07) is 8.47. The number of oxazole rings is 1. The van der Waals surface area contributed by atoms with E-state index < -0.39 is 10.0 Å². The number of benzene rings is 1. The maximum absolute atomic E-state index is 12.6. The number of aryl methyl sites for hydroxylation is 2. The van der Waals surface area contributed by atoms with Gasteiger partial charge in [-0.15, -0.1) is 0 Å². The Labute approximate surface area is 145 Å².